The third kappa shape index (κ3) is 3.60. The summed E-state index contributed by atoms with van der Waals surface area (Å²) >= 11 is 1.68. The van der Waals surface area contributed by atoms with Crippen molar-refractivity contribution in [3.8, 4) is 5.75 Å². The minimum Gasteiger partial charge on any atom is -0.489 e. The van der Waals surface area contributed by atoms with Crippen LogP contribution in [0.25, 0.3) is 0 Å². The van der Waals surface area contributed by atoms with Crippen molar-refractivity contribution in [1.29, 1.82) is 0 Å². The van der Waals surface area contributed by atoms with E-state index in [2.05, 4.69) is 23.7 Å². The van der Waals surface area contributed by atoms with Gasteiger partial charge in [0.1, 0.15) is 11.9 Å². The van der Waals surface area contributed by atoms with Crippen LogP contribution in [0.4, 0.5) is 4.79 Å². The van der Waals surface area contributed by atoms with Crippen LogP contribution in [0.2, 0.25) is 0 Å². The first kappa shape index (κ1) is 14.9. The average Bonchev–Trinajstić information content (AvgIpc) is 3.15. The second kappa shape index (κ2) is 6.83. The molecule has 0 saturated carbocycles. The summed E-state index contributed by atoms with van der Waals surface area (Å²) in [4.78, 5) is 15.3. The van der Waals surface area contributed by atoms with E-state index in [1.54, 1.807) is 11.3 Å². The van der Waals surface area contributed by atoms with Crippen molar-refractivity contribution < 1.29 is 9.53 Å². The van der Waals surface area contributed by atoms with Crippen molar-refractivity contribution in [2.45, 2.75) is 26.0 Å². The Kier molecular flexibility index (Phi) is 4.63. The SMILES string of the molecule is Cc1ccsc1CNC(=O)N1CCC(Oc2ccccc2)C1. The van der Waals surface area contributed by atoms with Gasteiger partial charge in [-0.3, -0.25) is 0 Å². The summed E-state index contributed by atoms with van der Waals surface area (Å²) < 4.78 is 5.91. The Morgan fingerprint density at radius 1 is 1.36 bits per heavy atom. The molecule has 1 unspecified atom stereocenters. The number of ether oxygens (including phenoxy) is 1. The van der Waals surface area contributed by atoms with E-state index >= 15 is 0 Å². The number of rotatable bonds is 4. The normalized spacial score (nSPS) is 17.5. The Morgan fingerprint density at radius 3 is 2.91 bits per heavy atom. The predicted octanol–water partition coefficient (Wildman–Crippen LogP) is 3.42. The van der Waals surface area contributed by atoms with Crippen molar-refractivity contribution >= 4 is 17.4 Å². The zero-order chi connectivity index (χ0) is 15.4. The van der Waals surface area contributed by atoms with E-state index < -0.39 is 0 Å². The molecule has 0 spiro atoms. The van der Waals surface area contributed by atoms with Gasteiger partial charge >= 0.3 is 6.03 Å². The molecule has 2 aromatic rings. The molecule has 2 heterocycles. The van der Waals surface area contributed by atoms with E-state index in [0.29, 0.717) is 13.1 Å². The lowest BCUT2D eigenvalue weighted by molar-refractivity contribution is 0.186. The van der Waals surface area contributed by atoms with E-state index in [-0.39, 0.29) is 12.1 Å². The van der Waals surface area contributed by atoms with E-state index in [0.717, 1.165) is 18.7 Å². The number of hydrogen-bond acceptors (Lipinski definition) is 3. The quantitative estimate of drug-likeness (QED) is 0.939. The number of para-hydroxylation sites is 1. The number of carbonyl (C=O) groups is 1. The van der Waals surface area contributed by atoms with Crippen LogP contribution >= 0.6 is 11.3 Å². The fraction of sp³-hybridized carbons (Fsp3) is 0.353. The van der Waals surface area contributed by atoms with Crippen LogP contribution in [0, 0.1) is 6.92 Å². The maximum Gasteiger partial charge on any atom is 0.317 e. The van der Waals surface area contributed by atoms with E-state index in [9.17, 15) is 4.79 Å². The molecule has 1 N–H and O–H groups in total. The molecule has 1 atom stereocenters. The monoisotopic (exact) mass is 316 g/mol. The van der Waals surface area contributed by atoms with Gasteiger partial charge in [0, 0.05) is 17.8 Å². The van der Waals surface area contributed by atoms with Crippen molar-refractivity contribution in [2.24, 2.45) is 0 Å². The first-order valence-electron chi connectivity index (χ1n) is 7.50. The molecule has 22 heavy (non-hydrogen) atoms. The van der Waals surface area contributed by atoms with Crippen LogP contribution < -0.4 is 10.1 Å². The smallest absolute Gasteiger partial charge is 0.317 e. The lowest BCUT2D eigenvalue weighted by Crippen LogP contribution is -2.39. The number of likely N-dealkylation sites (tertiary alicyclic amines) is 1. The van der Waals surface area contributed by atoms with Crippen LogP contribution in [-0.4, -0.2) is 30.1 Å². The van der Waals surface area contributed by atoms with E-state index in [1.807, 2.05) is 35.2 Å². The molecule has 2 amide bonds. The minimum atomic E-state index is -0.00744. The highest BCUT2D eigenvalue weighted by Gasteiger charge is 2.27. The van der Waals surface area contributed by atoms with Crippen molar-refractivity contribution in [1.82, 2.24) is 10.2 Å². The number of benzene rings is 1. The molecule has 1 aliphatic heterocycles. The van der Waals surface area contributed by atoms with Gasteiger partial charge in [-0.2, -0.15) is 0 Å². The number of nitrogens with one attached hydrogen (secondary N) is 1. The molecule has 116 valence electrons. The Bertz CT molecular complexity index is 627. The van der Waals surface area contributed by atoms with Crippen LogP contribution in [0.3, 0.4) is 0 Å². The van der Waals surface area contributed by atoms with Gasteiger partial charge in [0.25, 0.3) is 0 Å². The number of carbonyl (C=O) groups excluding carboxylic acids is 1. The topological polar surface area (TPSA) is 41.6 Å². The molecule has 0 radical (unpaired) electrons. The number of aryl methyl sites for hydroxylation is 1. The summed E-state index contributed by atoms with van der Waals surface area (Å²) in [6, 6.07) is 11.8. The van der Waals surface area contributed by atoms with Crippen LogP contribution in [-0.2, 0) is 6.54 Å². The second-order valence-corrected chi connectivity index (χ2v) is 6.47. The highest BCUT2D eigenvalue weighted by atomic mass is 32.1. The Labute approximate surface area is 134 Å². The zero-order valence-electron chi connectivity index (χ0n) is 12.6. The molecule has 3 rings (SSSR count). The number of thiophene rings is 1. The molecule has 1 aromatic carbocycles. The van der Waals surface area contributed by atoms with E-state index in [4.69, 9.17) is 4.74 Å². The highest BCUT2D eigenvalue weighted by molar-refractivity contribution is 7.10. The second-order valence-electron chi connectivity index (χ2n) is 5.47. The third-order valence-corrected chi connectivity index (χ3v) is 4.87. The first-order chi connectivity index (χ1) is 10.7. The van der Waals surface area contributed by atoms with Crippen LogP contribution in [0.5, 0.6) is 5.75 Å². The molecular formula is C17H20N2O2S. The summed E-state index contributed by atoms with van der Waals surface area (Å²) in [5.74, 6) is 0.865. The van der Waals surface area contributed by atoms with Crippen LogP contribution in [0.1, 0.15) is 16.9 Å². The minimum absolute atomic E-state index is 0.00744. The molecule has 1 saturated heterocycles. The predicted molar refractivity (Wildman–Crippen MR) is 88.3 cm³/mol. The number of hydrogen-bond donors (Lipinski definition) is 1. The lowest BCUT2D eigenvalue weighted by atomic mass is 10.3. The van der Waals surface area contributed by atoms with Crippen LogP contribution in [0.15, 0.2) is 41.8 Å². The molecule has 0 bridgehead atoms. The number of nitrogens with zero attached hydrogens (tertiary/aromatic N) is 1. The maximum absolute atomic E-state index is 12.2. The number of amides is 2. The Balaban J connectivity index is 1.47. The molecule has 1 aliphatic rings. The van der Waals surface area contributed by atoms with Gasteiger partial charge in [-0.15, -0.1) is 11.3 Å². The summed E-state index contributed by atoms with van der Waals surface area (Å²) in [5, 5.41) is 5.05. The fourth-order valence-corrected chi connectivity index (χ4v) is 3.40. The van der Waals surface area contributed by atoms with E-state index in [1.165, 1.54) is 10.4 Å². The Morgan fingerprint density at radius 2 is 2.18 bits per heavy atom. The maximum atomic E-state index is 12.2. The van der Waals surface area contributed by atoms with Crippen molar-refractivity contribution in [3.05, 3.63) is 52.2 Å². The van der Waals surface area contributed by atoms with Gasteiger partial charge in [-0.05, 0) is 36.1 Å². The Hall–Kier alpha value is -2.01. The summed E-state index contributed by atoms with van der Waals surface area (Å²) in [7, 11) is 0. The summed E-state index contributed by atoms with van der Waals surface area (Å²) in [6.07, 6.45) is 0.956. The van der Waals surface area contributed by atoms with Gasteiger partial charge in [0.05, 0.1) is 13.1 Å². The highest BCUT2D eigenvalue weighted by Crippen LogP contribution is 2.19. The van der Waals surface area contributed by atoms with Gasteiger partial charge in [-0.25, -0.2) is 4.79 Å². The zero-order valence-corrected chi connectivity index (χ0v) is 13.4. The molecular weight excluding hydrogens is 296 g/mol. The van der Waals surface area contributed by atoms with Gasteiger partial charge in [0.15, 0.2) is 0 Å². The number of urea groups is 1. The summed E-state index contributed by atoms with van der Waals surface area (Å²) in [5.41, 5.74) is 1.23. The van der Waals surface area contributed by atoms with Crippen molar-refractivity contribution in [2.75, 3.05) is 13.1 Å². The molecule has 0 aliphatic carbocycles. The van der Waals surface area contributed by atoms with Gasteiger partial charge in [0.2, 0.25) is 0 Å². The van der Waals surface area contributed by atoms with Crippen molar-refractivity contribution in [3.63, 3.8) is 0 Å². The largest absolute Gasteiger partial charge is 0.489 e. The summed E-state index contributed by atoms with van der Waals surface area (Å²) in [6.45, 7) is 4.05. The third-order valence-electron chi connectivity index (χ3n) is 3.85. The average molecular weight is 316 g/mol. The standard InChI is InChI=1S/C17H20N2O2S/c1-13-8-10-22-16(13)11-18-17(20)19-9-7-15(12-19)21-14-5-3-2-4-6-14/h2-6,8,10,15H,7,9,11-12H2,1H3,(H,18,20). The fourth-order valence-electron chi connectivity index (χ4n) is 2.55. The van der Waals surface area contributed by atoms with Gasteiger partial charge < -0.3 is 15.0 Å². The van der Waals surface area contributed by atoms with Gasteiger partial charge in [-0.1, -0.05) is 18.2 Å². The molecule has 5 heteroatoms. The first-order valence-corrected chi connectivity index (χ1v) is 8.38. The molecule has 4 nitrogen and oxygen atoms in total. The molecule has 1 fully saturated rings. The molecule has 1 aromatic heterocycles. The lowest BCUT2D eigenvalue weighted by Gasteiger charge is -2.18.